The van der Waals surface area contributed by atoms with E-state index < -0.39 is 0 Å². The molecule has 13 heavy (non-hydrogen) atoms. The Bertz CT molecular complexity index is 405. The summed E-state index contributed by atoms with van der Waals surface area (Å²) >= 11 is 4.91. The molecule has 0 bridgehead atoms. The van der Waals surface area contributed by atoms with Crippen LogP contribution >= 0.6 is 12.2 Å². The summed E-state index contributed by atoms with van der Waals surface area (Å²) in [6, 6.07) is 2.34. The molecule has 0 aliphatic carbocycles. The smallest absolute Gasteiger partial charge is 0.295 e. The number of aromatic nitrogens is 2. The van der Waals surface area contributed by atoms with E-state index in [4.69, 9.17) is 22.2 Å². The van der Waals surface area contributed by atoms with E-state index in [2.05, 4.69) is 9.97 Å². The minimum absolute atomic E-state index is 0.280. The van der Waals surface area contributed by atoms with Crippen molar-refractivity contribution in [1.29, 1.82) is 5.26 Å². The van der Waals surface area contributed by atoms with E-state index in [0.29, 0.717) is 23.9 Å². The molecule has 0 saturated heterocycles. The van der Waals surface area contributed by atoms with Crippen LogP contribution in [0.2, 0.25) is 0 Å². The van der Waals surface area contributed by atoms with Gasteiger partial charge in [0.15, 0.2) is 4.64 Å². The van der Waals surface area contributed by atoms with Gasteiger partial charge in [0.05, 0.1) is 6.61 Å². The lowest BCUT2D eigenvalue weighted by Crippen LogP contribution is -2.01. The van der Waals surface area contributed by atoms with E-state index in [1.54, 1.807) is 6.92 Å². The van der Waals surface area contributed by atoms with E-state index in [1.807, 2.05) is 13.0 Å². The zero-order valence-electron chi connectivity index (χ0n) is 7.42. The third-order valence-electron chi connectivity index (χ3n) is 1.48. The number of hydrogen-bond acceptors (Lipinski definition) is 4. The van der Waals surface area contributed by atoms with E-state index in [-0.39, 0.29) is 4.64 Å². The van der Waals surface area contributed by atoms with Crippen molar-refractivity contribution in [1.82, 2.24) is 9.97 Å². The Morgan fingerprint density at radius 2 is 2.38 bits per heavy atom. The van der Waals surface area contributed by atoms with Gasteiger partial charge in [-0.1, -0.05) is 12.2 Å². The van der Waals surface area contributed by atoms with Crippen LogP contribution in [-0.2, 0) is 0 Å². The molecule has 0 amide bonds. The van der Waals surface area contributed by atoms with Crippen molar-refractivity contribution in [2.75, 3.05) is 6.61 Å². The average Bonchev–Trinajstić information content (AvgIpc) is 2.04. The molecular weight excluding hydrogens is 186 g/mol. The normalized spacial score (nSPS) is 9.31. The fourth-order valence-corrected chi connectivity index (χ4v) is 1.18. The average molecular weight is 195 g/mol. The number of H-pyrrole nitrogens is 1. The first-order chi connectivity index (χ1) is 6.19. The maximum atomic E-state index is 8.70. The Hall–Kier alpha value is -1.41. The van der Waals surface area contributed by atoms with Crippen LogP contribution in [0.4, 0.5) is 0 Å². The van der Waals surface area contributed by atoms with Crippen LogP contribution in [0.1, 0.15) is 18.2 Å². The molecule has 1 heterocycles. The zero-order chi connectivity index (χ0) is 9.84. The molecule has 0 aliphatic rings. The van der Waals surface area contributed by atoms with Crippen LogP contribution in [0, 0.1) is 22.9 Å². The highest BCUT2D eigenvalue weighted by atomic mass is 32.1. The van der Waals surface area contributed by atoms with Gasteiger partial charge >= 0.3 is 0 Å². The van der Waals surface area contributed by atoms with Gasteiger partial charge in [-0.05, 0) is 13.8 Å². The van der Waals surface area contributed by atoms with Crippen LogP contribution < -0.4 is 4.74 Å². The first-order valence-electron chi connectivity index (χ1n) is 3.82. The van der Waals surface area contributed by atoms with Crippen LogP contribution in [0.5, 0.6) is 6.01 Å². The van der Waals surface area contributed by atoms with Gasteiger partial charge in [-0.15, -0.1) is 0 Å². The minimum atomic E-state index is 0.280. The largest absolute Gasteiger partial charge is 0.465 e. The highest BCUT2D eigenvalue weighted by Crippen LogP contribution is 2.09. The minimum Gasteiger partial charge on any atom is -0.465 e. The Kier molecular flexibility index (Phi) is 2.98. The van der Waals surface area contributed by atoms with Gasteiger partial charge in [0.1, 0.15) is 11.6 Å². The Labute approximate surface area is 81.2 Å². The summed E-state index contributed by atoms with van der Waals surface area (Å²) in [6.07, 6.45) is 0. The van der Waals surface area contributed by atoms with E-state index in [9.17, 15) is 0 Å². The molecule has 0 atom stereocenters. The highest BCUT2D eigenvalue weighted by molar-refractivity contribution is 7.71. The highest BCUT2D eigenvalue weighted by Gasteiger charge is 2.03. The van der Waals surface area contributed by atoms with E-state index in [0.717, 1.165) is 0 Å². The SMILES string of the molecule is CCOc1nc(=S)c(C#N)c(C)[nH]1. The first kappa shape index (κ1) is 9.68. The second kappa shape index (κ2) is 4.01. The lowest BCUT2D eigenvalue weighted by molar-refractivity contribution is 0.311. The van der Waals surface area contributed by atoms with Gasteiger partial charge in [0.25, 0.3) is 6.01 Å². The fourth-order valence-electron chi connectivity index (χ4n) is 0.896. The number of rotatable bonds is 2. The topological polar surface area (TPSA) is 61.7 Å². The molecule has 0 radical (unpaired) electrons. The summed E-state index contributed by atoms with van der Waals surface area (Å²) in [4.78, 5) is 6.76. The molecule has 1 aromatic rings. The molecule has 0 unspecified atom stereocenters. The molecule has 5 heteroatoms. The summed E-state index contributed by atoms with van der Waals surface area (Å²) in [5.41, 5.74) is 1.09. The van der Waals surface area contributed by atoms with Crippen LogP contribution in [0.25, 0.3) is 0 Å². The molecule has 0 aliphatic heterocycles. The predicted octanol–water partition coefficient (Wildman–Crippen LogP) is 1.72. The molecule has 4 nitrogen and oxygen atoms in total. The Morgan fingerprint density at radius 1 is 1.69 bits per heavy atom. The predicted molar refractivity (Wildman–Crippen MR) is 50.0 cm³/mol. The van der Waals surface area contributed by atoms with Crippen molar-refractivity contribution in [3.05, 3.63) is 15.9 Å². The molecule has 0 fully saturated rings. The molecule has 0 spiro atoms. The van der Waals surface area contributed by atoms with Gasteiger partial charge in [0, 0.05) is 5.69 Å². The number of aryl methyl sites for hydroxylation is 1. The number of nitrogens with zero attached hydrogens (tertiary/aromatic N) is 2. The molecule has 0 saturated carbocycles. The van der Waals surface area contributed by atoms with Crippen molar-refractivity contribution in [3.63, 3.8) is 0 Å². The van der Waals surface area contributed by atoms with Crippen molar-refractivity contribution in [3.8, 4) is 12.1 Å². The van der Waals surface area contributed by atoms with Crippen molar-refractivity contribution >= 4 is 12.2 Å². The van der Waals surface area contributed by atoms with Gasteiger partial charge < -0.3 is 9.72 Å². The summed E-state index contributed by atoms with van der Waals surface area (Å²) < 4.78 is 5.40. The first-order valence-corrected chi connectivity index (χ1v) is 4.23. The van der Waals surface area contributed by atoms with Gasteiger partial charge in [-0.2, -0.15) is 10.2 Å². The lowest BCUT2D eigenvalue weighted by Gasteiger charge is -2.03. The van der Waals surface area contributed by atoms with Crippen molar-refractivity contribution in [2.24, 2.45) is 0 Å². The molecule has 0 aromatic carbocycles. The third kappa shape index (κ3) is 2.04. The summed E-state index contributed by atoms with van der Waals surface area (Å²) in [5, 5.41) is 8.70. The molecule has 1 N–H and O–H groups in total. The van der Waals surface area contributed by atoms with Gasteiger partial charge in [-0.25, -0.2) is 0 Å². The molecule has 1 rings (SSSR count). The second-order valence-corrected chi connectivity index (χ2v) is 2.78. The second-order valence-electron chi connectivity index (χ2n) is 2.39. The van der Waals surface area contributed by atoms with Gasteiger partial charge in [-0.3, -0.25) is 0 Å². The zero-order valence-corrected chi connectivity index (χ0v) is 8.23. The maximum Gasteiger partial charge on any atom is 0.295 e. The van der Waals surface area contributed by atoms with Gasteiger partial charge in [0.2, 0.25) is 0 Å². The fraction of sp³-hybridized carbons (Fsp3) is 0.375. The summed E-state index contributed by atoms with van der Waals surface area (Å²) in [7, 11) is 0. The number of aromatic amines is 1. The standard InChI is InChI=1S/C8H9N3OS/c1-3-12-8-10-5(2)6(4-9)7(13)11-8/h3H2,1-2H3,(H,10,11,13). The van der Waals surface area contributed by atoms with Crippen LogP contribution in [-0.4, -0.2) is 16.6 Å². The monoisotopic (exact) mass is 195 g/mol. The van der Waals surface area contributed by atoms with Crippen molar-refractivity contribution < 1.29 is 4.74 Å². The lowest BCUT2D eigenvalue weighted by atomic mass is 10.3. The van der Waals surface area contributed by atoms with Crippen LogP contribution in [0.15, 0.2) is 0 Å². The number of nitrogens with one attached hydrogen (secondary N) is 1. The quantitative estimate of drug-likeness (QED) is 0.730. The third-order valence-corrected chi connectivity index (χ3v) is 1.77. The summed E-state index contributed by atoms with van der Waals surface area (Å²) in [6.45, 7) is 4.13. The van der Waals surface area contributed by atoms with E-state index in [1.165, 1.54) is 0 Å². The number of ether oxygens (including phenoxy) is 1. The number of hydrogen-bond donors (Lipinski definition) is 1. The maximum absolute atomic E-state index is 8.70. The molecule has 68 valence electrons. The summed E-state index contributed by atoms with van der Waals surface area (Å²) in [5.74, 6) is 0. The van der Waals surface area contributed by atoms with E-state index >= 15 is 0 Å². The van der Waals surface area contributed by atoms with Crippen molar-refractivity contribution in [2.45, 2.75) is 13.8 Å². The Balaban J connectivity index is 3.23. The number of nitriles is 1. The van der Waals surface area contributed by atoms with Crippen LogP contribution in [0.3, 0.4) is 0 Å². The Morgan fingerprint density at radius 3 is 2.85 bits per heavy atom. The molecule has 1 aromatic heterocycles. The molecular formula is C8H9N3OS.